The first-order chi connectivity index (χ1) is 14.6. The predicted octanol–water partition coefficient (Wildman–Crippen LogP) is 4.82. The first-order valence-corrected chi connectivity index (χ1v) is 11.5. The fourth-order valence-corrected chi connectivity index (χ4v) is 5.25. The number of likely N-dealkylation sites (tertiary alicyclic amines) is 1. The Labute approximate surface area is 181 Å². The van der Waals surface area contributed by atoms with Crippen molar-refractivity contribution in [1.29, 1.82) is 0 Å². The third-order valence-corrected chi connectivity index (χ3v) is 6.72. The maximum Gasteiger partial charge on any atom is 0.262 e. The third-order valence-electron chi connectivity index (χ3n) is 5.51. The van der Waals surface area contributed by atoms with Gasteiger partial charge in [0.1, 0.15) is 5.25 Å². The van der Waals surface area contributed by atoms with E-state index in [0.717, 1.165) is 31.5 Å². The minimum atomic E-state index is -0.428. The summed E-state index contributed by atoms with van der Waals surface area (Å²) in [6.07, 6.45) is 3.26. The van der Waals surface area contributed by atoms with Gasteiger partial charge in [-0.1, -0.05) is 54.2 Å². The molecule has 1 aliphatic heterocycles. The largest absolute Gasteiger partial charge is 0.341 e. The number of nitrogens with zero attached hydrogens (tertiary/aromatic N) is 3. The van der Waals surface area contributed by atoms with Crippen molar-refractivity contribution in [3.8, 4) is 0 Å². The van der Waals surface area contributed by atoms with E-state index in [9.17, 15) is 9.59 Å². The highest BCUT2D eigenvalue weighted by molar-refractivity contribution is 8.00. The Balaban J connectivity index is 1.79. The number of piperidine rings is 1. The molecule has 30 heavy (non-hydrogen) atoms. The van der Waals surface area contributed by atoms with E-state index in [1.807, 2.05) is 73.3 Å². The number of fused-ring (bicyclic) bond motifs is 1. The molecule has 1 unspecified atom stereocenters. The van der Waals surface area contributed by atoms with Crippen molar-refractivity contribution < 1.29 is 4.79 Å². The van der Waals surface area contributed by atoms with Gasteiger partial charge >= 0.3 is 0 Å². The monoisotopic (exact) mass is 421 g/mol. The van der Waals surface area contributed by atoms with Crippen molar-refractivity contribution in [3.63, 3.8) is 0 Å². The Morgan fingerprint density at radius 3 is 2.33 bits per heavy atom. The van der Waals surface area contributed by atoms with E-state index in [1.165, 1.54) is 18.2 Å². The van der Waals surface area contributed by atoms with Crippen molar-refractivity contribution in [2.24, 2.45) is 0 Å². The number of carbonyl (C=O) groups excluding carboxylic acids is 1. The second kappa shape index (κ2) is 9.04. The van der Waals surface area contributed by atoms with Gasteiger partial charge in [-0.3, -0.25) is 14.2 Å². The quantitative estimate of drug-likeness (QED) is 0.438. The SMILES string of the molecule is CC(C)n1c(SC(C(=O)N2CCCCC2)c2ccccc2)nc2ccccc2c1=O. The van der Waals surface area contributed by atoms with Crippen LogP contribution in [0.25, 0.3) is 10.9 Å². The van der Waals surface area contributed by atoms with Gasteiger partial charge < -0.3 is 4.90 Å². The highest BCUT2D eigenvalue weighted by atomic mass is 32.2. The Hall–Kier alpha value is -2.60. The summed E-state index contributed by atoms with van der Waals surface area (Å²) in [6.45, 7) is 5.55. The Bertz CT molecular complexity index is 1090. The van der Waals surface area contributed by atoms with E-state index >= 15 is 0 Å². The number of carbonyl (C=O) groups is 1. The van der Waals surface area contributed by atoms with Crippen LogP contribution in [-0.2, 0) is 4.79 Å². The van der Waals surface area contributed by atoms with Crippen LogP contribution in [0.3, 0.4) is 0 Å². The lowest BCUT2D eigenvalue weighted by molar-refractivity contribution is -0.131. The van der Waals surface area contributed by atoms with Crippen molar-refractivity contribution in [2.75, 3.05) is 13.1 Å². The molecule has 1 fully saturated rings. The zero-order valence-electron chi connectivity index (χ0n) is 17.5. The molecule has 2 aromatic carbocycles. The molecule has 3 aromatic rings. The number of thioether (sulfide) groups is 1. The highest BCUT2D eigenvalue weighted by Crippen LogP contribution is 2.37. The number of hydrogen-bond donors (Lipinski definition) is 0. The predicted molar refractivity (Wildman–Crippen MR) is 122 cm³/mol. The van der Waals surface area contributed by atoms with E-state index in [2.05, 4.69) is 0 Å². The molecule has 156 valence electrons. The van der Waals surface area contributed by atoms with Gasteiger partial charge in [0, 0.05) is 19.1 Å². The van der Waals surface area contributed by atoms with Crippen LogP contribution in [-0.4, -0.2) is 33.4 Å². The molecule has 1 aliphatic rings. The fraction of sp³-hybridized carbons (Fsp3) is 0.375. The molecule has 0 saturated carbocycles. The van der Waals surface area contributed by atoms with E-state index in [4.69, 9.17) is 4.98 Å². The molecular weight excluding hydrogens is 394 g/mol. The average Bonchev–Trinajstić information content (AvgIpc) is 2.78. The molecule has 0 spiro atoms. The fourth-order valence-electron chi connectivity index (χ4n) is 3.94. The smallest absolute Gasteiger partial charge is 0.262 e. The number of amides is 1. The standard InChI is InChI=1S/C24H27N3O2S/c1-17(2)27-22(28)19-13-7-8-14-20(19)25-24(27)30-21(18-11-5-3-6-12-18)23(29)26-15-9-4-10-16-26/h3,5-8,11-14,17,21H,4,9-10,15-16H2,1-2H3. The number of rotatable bonds is 5. The van der Waals surface area contributed by atoms with Crippen molar-refractivity contribution >= 4 is 28.6 Å². The van der Waals surface area contributed by atoms with Gasteiger partial charge in [0.2, 0.25) is 5.91 Å². The van der Waals surface area contributed by atoms with Gasteiger partial charge in [-0.15, -0.1) is 0 Å². The normalized spacial score (nSPS) is 15.5. The topological polar surface area (TPSA) is 55.2 Å². The molecule has 0 aliphatic carbocycles. The Morgan fingerprint density at radius 2 is 1.63 bits per heavy atom. The molecule has 1 atom stereocenters. The zero-order chi connectivity index (χ0) is 21.1. The molecule has 0 N–H and O–H groups in total. The van der Waals surface area contributed by atoms with E-state index in [-0.39, 0.29) is 17.5 Å². The van der Waals surface area contributed by atoms with Gasteiger partial charge in [0.15, 0.2) is 5.16 Å². The molecule has 2 heterocycles. The Kier molecular flexibility index (Phi) is 6.23. The maximum absolute atomic E-state index is 13.5. The van der Waals surface area contributed by atoms with Gasteiger partial charge in [0.05, 0.1) is 10.9 Å². The summed E-state index contributed by atoms with van der Waals surface area (Å²) in [4.78, 5) is 33.5. The van der Waals surface area contributed by atoms with Crippen LogP contribution in [0.2, 0.25) is 0 Å². The second-order valence-corrected chi connectivity index (χ2v) is 9.05. The number of para-hydroxylation sites is 1. The molecule has 1 saturated heterocycles. The highest BCUT2D eigenvalue weighted by Gasteiger charge is 2.30. The van der Waals surface area contributed by atoms with Gasteiger partial charge in [0.25, 0.3) is 5.56 Å². The summed E-state index contributed by atoms with van der Waals surface area (Å²) in [7, 11) is 0. The Morgan fingerprint density at radius 1 is 0.967 bits per heavy atom. The van der Waals surface area contributed by atoms with E-state index < -0.39 is 5.25 Å². The third kappa shape index (κ3) is 4.15. The molecule has 6 heteroatoms. The number of aromatic nitrogens is 2. The van der Waals surface area contributed by atoms with Crippen LogP contribution in [0.5, 0.6) is 0 Å². The summed E-state index contributed by atoms with van der Waals surface area (Å²) in [5.41, 5.74) is 1.55. The van der Waals surface area contributed by atoms with Crippen LogP contribution in [0.4, 0.5) is 0 Å². The zero-order valence-corrected chi connectivity index (χ0v) is 18.3. The second-order valence-electron chi connectivity index (χ2n) is 7.97. The summed E-state index contributed by atoms with van der Waals surface area (Å²) in [5, 5.41) is 0.768. The summed E-state index contributed by atoms with van der Waals surface area (Å²) < 4.78 is 1.71. The van der Waals surface area contributed by atoms with Crippen molar-refractivity contribution in [1.82, 2.24) is 14.5 Å². The molecule has 5 nitrogen and oxygen atoms in total. The van der Waals surface area contributed by atoms with Crippen LogP contribution in [0.15, 0.2) is 64.5 Å². The van der Waals surface area contributed by atoms with Crippen molar-refractivity contribution in [2.45, 2.75) is 49.6 Å². The van der Waals surface area contributed by atoms with Crippen molar-refractivity contribution in [3.05, 3.63) is 70.5 Å². The van der Waals surface area contributed by atoms with Crippen LogP contribution < -0.4 is 5.56 Å². The average molecular weight is 422 g/mol. The van der Waals surface area contributed by atoms with Crippen LogP contribution in [0, 0.1) is 0 Å². The summed E-state index contributed by atoms with van der Waals surface area (Å²) in [5.74, 6) is 0.101. The summed E-state index contributed by atoms with van der Waals surface area (Å²) in [6, 6.07) is 17.2. The number of benzene rings is 2. The van der Waals surface area contributed by atoms with Crippen LogP contribution >= 0.6 is 11.8 Å². The molecular formula is C24H27N3O2S. The van der Waals surface area contributed by atoms with E-state index in [0.29, 0.717) is 16.1 Å². The molecule has 0 radical (unpaired) electrons. The maximum atomic E-state index is 13.5. The minimum Gasteiger partial charge on any atom is -0.341 e. The van der Waals surface area contributed by atoms with E-state index in [1.54, 1.807) is 4.57 Å². The summed E-state index contributed by atoms with van der Waals surface area (Å²) >= 11 is 1.39. The van der Waals surface area contributed by atoms with Gasteiger partial charge in [-0.25, -0.2) is 4.98 Å². The lowest BCUT2D eigenvalue weighted by Gasteiger charge is -2.30. The number of hydrogen-bond acceptors (Lipinski definition) is 4. The lowest BCUT2D eigenvalue weighted by atomic mass is 10.1. The molecule has 1 amide bonds. The first kappa shape index (κ1) is 20.7. The first-order valence-electron chi connectivity index (χ1n) is 10.6. The molecule has 4 rings (SSSR count). The molecule has 1 aromatic heterocycles. The van der Waals surface area contributed by atoms with Gasteiger partial charge in [-0.05, 0) is 50.8 Å². The minimum absolute atomic E-state index is 0.0568. The lowest BCUT2D eigenvalue weighted by Crippen LogP contribution is -2.38. The molecule has 0 bridgehead atoms. The van der Waals surface area contributed by atoms with Crippen LogP contribution in [0.1, 0.15) is 50.0 Å². The van der Waals surface area contributed by atoms with Gasteiger partial charge in [-0.2, -0.15) is 0 Å².